The Labute approximate surface area is 154 Å². The van der Waals surface area contributed by atoms with E-state index in [-0.39, 0.29) is 18.8 Å². The molecule has 5 nitrogen and oxygen atoms in total. The molecular formula is C16H20ClIO5. The van der Waals surface area contributed by atoms with Crippen LogP contribution in [0.1, 0.15) is 30.6 Å². The van der Waals surface area contributed by atoms with Gasteiger partial charge in [0, 0.05) is 9.99 Å². The normalized spacial score (nSPS) is 20.7. The highest BCUT2D eigenvalue weighted by Gasteiger charge is 2.42. The van der Waals surface area contributed by atoms with E-state index in [1.807, 2.05) is 19.9 Å². The summed E-state index contributed by atoms with van der Waals surface area (Å²) in [4.78, 5) is 12.7. The Morgan fingerprint density at radius 3 is 2.87 bits per heavy atom. The van der Waals surface area contributed by atoms with Crippen LogP contribution >= 0.6 is 34.2 Å². The molecule has 0 spiro atoms. The predicted molar refractivity (Wildman–Crippen MR) is 94.9 cm³/mol. The van der Waals surface area contributed by atoms with E-state index >= 15 is 0 Å². The molecule has 0 N–H and O–H groups in total. The Balaban J connectivity index is 2.18. The molecule has 1 fully saturated rings. The molecule has 2 rings (SSSR count). The summed E-state index contributed by atoms with van der Waals surface area (Å²) < 4.78 is 22.6. The molecule has 1 aliphatic rings. The zero-order chi connectivity index (χ0) is 16.9. The summed E-state index contributed by atoms with van der Waals surface area (Å²) in [5.41, 5.74) is -0.204. The van der Waals surface area contributed by atoms with Gasteiger partial charge in [-0.3, -0.25) is 0 Å². The van der Waals surface area contributed by atoms with Gasteiger partial charge in [0.2, 0.25) is 0 Å². The maximum absolute atomic E-state index is 12.7. The van der Waals surface area contributed by atoms with Gasteiger partial charge in [-0.1, -0.05) is 25.4 Å². The topological polar surface area (TPSA) is 54.0 Å². The first kappa shape index (κ1) is 18.8. The summed E-state index contributed by atoms with van der Waals surface area (Å²) >= 11 is 7.59. The molecule has 128 valence electrons. The zero-order valence-corrected chi connectivity index (χ0v) is 16.1. The van der Waals surface area contributed by atoms with E-state index in [1.54, 1.807) is 12.1 Å². The van der Waals surface area contributed by atoms with Crippen LogP contribution in [0.4, 0.5) is 0 Å². The van der Waals surface area contributed by atoms with Crippen LogP contribution in [-0.2, 0) is 14.2 Å². The van der Waals surface area contributed by atoms with E-state index in [9.17, 15) is 4.79 Å². The van der Waals surface area contributed by atoms with Crippen LogP contribution in [0.15, 0.2) is 18.2 Å². The summed E-state index contributed by atoms with van der Waals surface area (Å²) in [6.45, 7) is 5.06. The average molecular weight is 455 g/mol. The smallest absolute Gasteiger partial charge is 0.342 e. The third-order valence-electron chi connectivity index (χ3n) is 3.90. The van der Waals surface area contributed by atoms with E-state index in [2.05, 4.69) is 22.6 Å². The van der Waals surface area contributed by atoms with Gasteiger partial charge in [0.1, 0.15) is 23.0 Å². The summed E-state index contributed by atoms with van der Waals surface area (Å²) in [6.07, 6.45) is 0.700. The maximum atomic E-state index is 12.7. The quantitative estimate of drug-likeness (QED) is 0.206. The Hall–Kier alpha value is -0.570. The van der Waals surface area contributed by atoms with Crippen molar-refractivity contribution in [2.45, 2.75) is 25.9 Å². The number of hydrogen-bond donors (Lipinski definition) is 0. The maximum Gasteiger partial charge on any atom is 0.342 e. The van der Waals surface area contributed by atoms with Gasteiger partial charge >= 0.3 is 5.97 Å². The highest BCUT2D eigenvalue weighted by atomic mass is 127. The number of hydrogen-bond acceptors (Lipinski definition) is 5. The lowest BCUT2D eigenvalue weighted by Crippen LogP contribution is -2.41. The SMILES string of the molecule is CC(C)C1(OC(=O)c2cc(I)ccc2OCOCCl)CCOC1. The lowest BCUT2D eigenvalue weighted by molar-refractivity contribution is -0.0474. The molecule has 23 heavy (non-hydrogen) atoms. The van der Waals surface area contributed by atoms with Crippen LogP contribution in [0.5, 0.6) is 5.75 Å². The molecule has 0 aromatic heterocycles. The largest absolute Gasteiger partial charge is 0.467 e. The Bertz CT molecular complexity index is 543. The van der Waals surface area contributed by atoms with Crippen molar-refractivity contribution in [3.8, 4) is 5.75 Å². The molecule has 1 heterocycles. The van der Waals surface area contributed by atoms with Crippen LogP contribution in [-0.4, -0.2) is 37.6 Å². The minimum Gasteiger partial charge on any atom is -0.467 e. The minimum absolute atomic E-state index is 0.0250. The highest BCUT2D eigenvalue weighted by molar-refractivity contribution is 14.1. The third-order valence-corrected chi connectivity index (χ3v) is 4.73. The molecule has 0 radical (unpaired) electrons. The standard InChI is InChI=1S/C16H20ClIO5/c1-11(2)16(5-6-20-8-16)23-15(19)13-7-12(18)3-4-14(13)22-10-21-9-17/h3-4,7,11H,5-6,8-10H2,1-2H3. The number of carbonyl (C=O) groups is 1. The van der Waals surface area contributed by atoms with Crippen LogP contribution in [0, 0.1) is 9.49 Å². The van der Waals surface area contributed by atoms with E-state index in [4.69, 9.17) is 30.5 Å². The fourth-order valence-electron chi connectivity index (χ4n) is 2.38. The van der Waals surface area contributed by atoms with Gasteiger partial charge in [0.05, 0.1) is 13.2 Å². The van der Waals surface area contributed by atoms with E-state index in [0.29, 0.717) is 30.9 Å². The number of alkyl halides is 1. The van der Waals surface area contributed by atoms with Gasteiger partial charge in [-0.2, -0.15) is 0 Å². The van der Waals surface area contributed by atoms with E-state index in [0.717, 1.165) is 3.57 Å². The van der Waals surface area contributed by atoms with Crippen LogP contribution < -0.4 is 4.74 Å². The molecule has 7 heteroatoms. The summed E-state index contributed by atoms with van der Waals surface area (Å²) in [7, 11) is 0. The van der Waals surface area contributed by atoms with Gasteiger partial charge in [0.15, 0.2) is 6.79 Å². The molecule has 0 amide bonds. The lowest BCUT2D eigenvalue weighted by Gasteiger charge is -2.31. The number of halogens is 2. The van der Waals surface area contributed by atoms with Crippen molar-refractivity contribution in [1.29, 1.82) is 0 Å². The molecule has 1 saturated heterocycles. The fourth-order valence-corrected chi connectivity index (χ4v) is 2.93. The first-order valence-electron chi connectivity index (χ1n) is 7.35. The number of rotatable bonds is 7. The molecule has 0 saturated carbocycles. The summed E-state index contributed by atoms with van der Waals surface area (Å²) in [5, 5.41) is 0. The Morgan fingerprint density at radius 1 is 1.48 bits per heavy atom. The van der Waals surface area contributed by atoms with Crippen LogP contribution in [0.3, 0.4) is 0 Å². The molecule has 0 bridgehead atoms. The number of esters is 1. The number of carbonyl (C=O) groups excluding carboxylic acids is 1. The molecule has 1 unspecified atom stereocenters. The zero-order valence-electron chi connectivity index (χ0n) is 13.1. The van der Waals surface area contributed by atoms with Crippen LogP contribution in [0.25, 0.3) is 0 Å². The molecular weight excluding hydrogens is 435 g/mol. The second-order valence-electron chi connectivity index (χ2n) is 5.63. The lowest BCUT2D eigenvalue weighted by atomic mass is 9.89. The predicted octanol–water partition coefficient (Wildman–Crippen LogP) is 3.81. The van der Waals surface area contributed by atoms with Gasteiger partial charge in [-0.15, -0.1) is 0 Å². The van der Waals surface area contributed by atoms with Crippen molar-refractivity contribution in [3.05, 3.63) is 27.3 Å². The van der Waals surface area contributed by atoms with Gasteiger partial charge < -0.3 is 18.9 Å². The first-order chi connectivity index (χ1) is 11.0. The Morgan fingerprint density at radius 2 is 2.26 bits per heavy atom. The van der Waals surface area contributed by atoms with Crippen molar-refractivity contribution >= 4 is 40.2 Å². The molecule has 1 aromatic carbocycles. The average Bonchev–Trinajstić information content (AvgIpc) is 2.98. The van der Waals surface area contributed by atoms with E-state index < -0.39 is 11.6 Å². The monoisotopic (exact) mass is 454 g/mol. The molecule has 1 aliphatic heterocycles. The second kappa shape index (κ2) is 8.50. The summed E-state index contributed by atoms with van der Waals surface area (Å²) in [5.74, 6) is 0.169. The van der Waals surface area contributed by atoms with Crippen molar-refractivity contribution in [1.82, 2.24) is 0 Å². The van der Waals surface area contributed by atoms with Crippen LogP contribution in [0.2, 0.25) is 0 Å². The molecule has 1 aromatic rings. The molecule has 0 aliphatic carbocycles. The van der Waals surface area contributed by atoms with Crippen molar-refractivity contribution < 1.29 is 23.7 Å². The first-order valence-corrected chi connectivity index (χ1v) is 8.97. The molecule has 1 atom stereocenters. The van der Waals surface area contributed by atoms with Crippen molar-refractivity contribution in [3.63, 3.8) is 0 Å². The van der Waals surface area contributed by atoms with Gasteiger partial charge in [-0.25, -0.2) is 4.79 Å². The highest BCUT2D eigenvalue weighted by Crippen LogP contribution is 2.33. The minimum atomic E-state index is -0.581. The van der Waals surface area contributed by atoms with Crippen molar-refractivity contribution in [2.24, 2.45) is 5.92 Å². The third kappa shape index (κ3) is 4.71. The van der Waals surface area contributed by atoms with Crippen molar-refractivity contribution in [2.75, 3.05) is 26.1 Å². The Kier molecular flexibility index (Phi) is 6.94. The number of benzene rings is 1. The van der Waals surface area contributed by atoms with Gasteiger partial charge in [-0.05, 0) is 46.7 Å². The number of ether oxygens (including phenoxy) is 4. The fraction of sp³-hybridized carbons (Fsp3) is 0.562. The second-order valence-corrected chi connectivity index (χ2v) is 7.09. The van der Waals surface area contributed by atoms with E-state index in [1.165, 1.54) is 0 Å². The summed E-state index contributed by atoms with van der Waals surface area (Å²) in [6, 6.07) is 5.34. The van der Waals surface area contributed by atoms with Gasteiger partial charge in [0.25, 0.3) is 0 Å².